The standard InChI is InChI=1S/C33H40BrN3O6S/c1-23-13-16-29(17-14-23)44(40,41)37(28-15-18-30(42-3)31(20-28)43-4)22-32(38)36(21-25-9-8-10-26(34)19-25)24(2)33(39)35-27-11-6-5-7-12-27/h8-10,13-20,24,27H,5-7,11-12,21-22H2,1-4H3,(H,35,39)/t24-/m0/s1. The first-order chi connectivity index (χ1) is 21.0. The van der Waals surface area contributed by atoms with Crippen LogP contribution in [-0.4, -0.2) is 58.0 Å². The van der Waals surface area contributed by atoms with Crippen molar-refractivity contribution in [1.82, 2.24) is 10.2 Å². The number of carbonyl (C=O) groups excluding carboxylic acids is 2. The van der Waals surface area contributed by atoms with E-state index in [-0.39, 0.29) is 29.1 Å². The Hall–Kier alpha value is -3.57. The summed E-state index contributed by atoms with van der Waals surface area (Å²) < 4.78 is 40.9. The van der Waals surface area contributed by atoms with Gasteiger partial charge < -0.3 is 19.7 Å². The van der Waals surface area contributed by atoms with Crippen molar-refractivity contribution in [2.75, 3.05) is 25.1 Å². The van der Waals surface area contributed by atoms with Gasteiger partial charge in [-0.3, -0.25) is 13.9 Å². The van der Waals surface area contributed by atoms with Gasteiger partial charge >= 0.3 is 0 Å². The fourth-order valence-corrected chi connectivity index (χ4v) is 7.18. The third-order valence-corrected chi connectivity index (χ3v) is 10.2. The van der Waals surface area contributed by atoms with Crippen molar-refractivity contribution >= 4 is 43.5 Å². The molecule has 1 fully saturated rings. The van der Waals surface area contributed by atoms with Crippen LogP contribution in [0.25, 0.3) is 0 Å². The van der Waals surface area contributed by atoms with Crippen molar-refractivity contribution in [1.29, 1.82) is 0 Å². The molecule has 1 aliphatic rings. The molecular weight excluding hydrogens is 646 g/mol. The number of methoxy groups -OCH3 is 2. The van der Waals surface area contributed by atoms with E-state index >= 15 is 0 Å². The molecule has 0 radical (unpaired) electrons. The van der Waals surface area contributed by atoms with E-state index in [0.717, 1.165) is 52.0 Å². The highest BCUT2D eigenvalue weighted by Crippen LogP contribution is 2.34. The lowest BCUT2D eigenvalue weighted by atomic mass is 9.95. The number of rotatable bonds is 12. The molecule has 3 aromatic carbocycles. The smallest absolute Gasteiger partial charge is 0.264 e. The van der Waals surface area contributed by atoms with Gasteiger partial charge in [-0.2, -0.15) is 0 Å². The van der Waals surface area contributed by atoms with Gasteiger partial charge in [-0.05, 0) is 68.7 Å². The SMILES string of the molecule is COc1ccc(N(CC(=O)N(Cc2cccc(Br)c2)[C@@H](C)C(=O)NC2CCCCC2)S(=O)(=O)c2ccc(C)cc2)cc1OC. The van der Waals surface area contributed by atoms with E-state index in [1.807, 2.05) is 31.2 Å². The molecule has 11 heteroatoms. The summed E-state index contributed by atoms with van der Waals surface area (Å²) in [5.74, 6) is -0.0617. The zero-order valence-electron chi connectivity index (χ0n) is 25.6. The number of aryl methyl sites for hydroxylation is 1. The van der Waals surface area contributed by atoms with Crippen LogP contribution in [0.3, 0.4) is 0 Å². The van der Waals surface area contributed by atoms with Crippen molar-refractivity contribution in [2.24, 2.45) is 0 Å². The number of hydrogen-bond donors (Lipinski definition) is 1. The zero-order chi connectivity index (χ0) is 31.9. The van der Waals surface area contributed by atoms with Gasteiger partial charge in [-0.15, -0.1) is 0 Å². The van der Waals surface area contributed by atoms with Crippen LogP contribution in [0.15, 0.2) is 76.1 Å². The summed E-state index contributed by atoms with van der Waals surface area (Å²) in [7, 11) is -1.27. The van der Waals surface area contributed by atoms with E-state index < -0.39 is 28.5 Å². The van der Waals surface area contributed by atoms with Gasteiger partial charge in [0, 0.05) is 23.1 Å². The maximum Gasteiger partial charge on any atom is 0.264 e. The van der Waals surface area contributed by atoms with Crippen LogP contribution in [-0.2, 0) is 26.2 Å². The topological polar surface area (TPSA) is 105 Å². The molecule has 4 rings (SSSR count). The summed E-state index contributed by atoms with van der Waals surface area (Å²) in [4.78, 5) is 29.2. The highest BCUT2D eigenvalue weighted by Gasteiger charge is 2.33. The summed E-state index contributed by atoms with van der Waals surface area (Å²) in [6.07, 6.45) is 5.06. The normalized spacial score (nSPS) is 14.4. The summed E-state index contributed by atoms with van der Waals surface area (Å²) in [5, 5.41) is 3.12. The monoisotopic (exact) mass is 685 g/mol. The van der Waals surface area contributed by atoms with Crippen molar-refractivity contribution in [3.63, 3.8) is 0 Å². The molecule has 1 aliphatic carbocycles. The Labute approximate surface area is 268 Å². The zero-order valence-corrected chi connectivity index (χ0v) is 28.0. The van der Waals surface area contributed by atoms with E-state index in [1.165, 1.54) is 37.3 Å². The third kappa shape index (κ3) is 8.12. The van der Waals surface area contributed by atoms with Crippen LogP contribution in [0.2, 0.25) is 0 Å². The molecule has 1 N–H and O–H groups in total. The average molecular weight is 687 g/mol. The Kier molecular flexibility index (Phi) is 11.3. The molecule has 3 aromatic rings. The first-order valence-electron chi connectivity index (χ1n) is 14.7. The van der Waals surface area contributed by atoms with Crippen LogP contribution in [0.4, 0.5) is 5.69 Å². The molecule has 44 heavy (non-hydrogen) atoms. The molecule has 236 valence electrons. The molecule has 0 spiro atoms. The molecule has 1 saturated carbocycles. The van der Waals surface area contributed by atoms with Gasteiger partial charge in [0.25, 0.3) is 10.0 Å². The number of nitrogens with zero attached hydrogens (tertiary/aromatic N) is 2. The minimum absolute atomic E-state index is 0.0346. The summed E-state index contributed by atoms with van der Waals surface area (Å²) in [6, 6.07) is 17.8. The average Bonchev–Trinajstić information content (AvgIpc) is 3.02. The number of carbonyl (C=O) groups is 2. The van der Waals surface area contributed by atoms with Gasteiger partial charge in [0.05, 0.1) is 24.8 Å². The van der Waals surface area contributed by atoms with Crippen LogP contribution >= 0.6 is 15.9 Å². The van der Waals surface area contributed by atoms with Crippen molar-refractivity contribution in [3.05, 3.63) is 82.3 Å². The second-order valence-electron chi connectivity index (χ2n) is 11.0. The number of benzene rings is 3. The van der Waals surface area contributed by atoms with Crippen molar-refractivity contribution in [3.8, 4) is 11.5 Å². The highest BCUT2D eigenvalue weighted by molar-refractivity contribution is 9.10. The molecule has 0 saturated heterocycles. The van der Waals surface area contributed by atoms with Gasteiger partial charge in [-0.1, -0.05) is 65.0 Å². The fraction of sp³-hybridized carbons (Fsp3) is 0.394. The van der Waals surface area contributed by atoms with Crippen LogP contribution in [0.5, 0.6) is 11.5 Å². The van der Waals surface area contributed by atoms with Crippen LogP contribution < -0.4 is 19.1 Å². The Morgan fingerprint density at radius 3 is 2.27 bits per heavy atom. The maximum atomic E-state index is 14.2. The van der Waals surface area contributed by atoms with Gasteiger partial charge in [0.15, 0.2) is 11.5 Å². The predicted molar refractivity (Wildman–Crippen MR) is 174 cm³/mol. The largest absolute Gasteiger partial charge is 0.493 e. The van der Waals surface area contributed by atoms with E-state index in [4.69, 9.17) is 9.47 Å². The van der Waals surface area contributed by atoms with Crippen molar-refractivity contribution < 1.29 is 27.5 Å². The predicted octanol–water partition coefficient (Wildman–Crippen LogP) is 5.84. The third-order valence-electron chi connectivity index (χ3n) is 7.90. The molecule has 9 nitrogen and oxygen atoms in total. The molecular formula is C33H40BrN3O6S. The molecule has 0 heterocycles. The van der Waals surface area contributed by atoms with Gasteiger partial charge in [0.1, 0.15) is 12.6 Å². The van der Waals surface area contributed by atoms with E-state index in [1.54, 1.807) is 31.2 Å². The van der Waals surface area contributed by atoms with Gasteiger partial charge in [-0.25, -0.2) is 8.42 Å². The summed E-state index contributed by atoms with van der Waals surface area (Å²) in [6.45, 7) is 3.12. The lowest BCUT2D eigenvalue weighted by Gasteiger charge is -2.33. The number of amides is 2. The Morgan fingerprint density at radius 1 is 0.955 bits per heavy atom. The van der Waals surface area contributed by atoms with Gasteiger partial charge in [0.2, 0.25) is 11.8 Å². The lowest BCUT2D eigenvalue weighted by Crippen LogP contribution is -2.53. The lowest BCUT2D eigenvalue weighted by molar-refractivity contribution is -0.139. The second kappa shape index (κ2) is 14.9. The maximum absolute atomic E-state index is 14.2. The number of anilines is 1. The molecule has 0 aliphatic heterocycles. The Balaban J connectivity index is 1.72. The quantitative estimate of drug-likeness (QED) is 0.257. The minimum Gasteiger partial charge on any atom is -0.493 e. The van der Waals surface area contributed by atoms with E-state index in [9.17, 15) is 18.0 Å². The second-order valence-corrected chi connectivity index (χ2v) is 13.8. The highest BCUT2D eigenvalue weighted by atomic mass is 79.9. The Bertz CT molecular complexity index is 1560. The van der Waals surface area contributed by atoms with E-state index in [0.29, 0.717) is 11.5 Å². The van der Waals surface area contributed by atoms with E-state index in [2.05, 4.69) is 21.2 Å². The number of hydrogen-bond acceptors (Lipinski definition) is 6. The number of sulfonamides is 1. The molecule has 2 amide bonds. The van der Waals surface area contributed by atoms with Crippen LogP contribution in [0.1, 0.15) is 50.2 Å². The number of ether oxygens (including phenoxy) is 2. The molecule has 0 aromatic heterocycles. The molecule has 0 bridgehead atoms. The summed E-state index contributed by atoms with van der Waals surface area (Å²) >= 11 is 3.48. The molecule has 0 unspecified atom stereocenters. The number of nitrogens with one attached hydrogen (secondary N) is 1. The molecule has 1 atom stereocenters. The minimum atomic E-state index is -4.21. The van der Waals surface area contributed by atoms with Crippen LogP contribution in [0, 0.1) is 6.92 Å². The Morgan fingerprint density at radius 2 is 1.64 bits per heavy atom. The first kappa shape index (κ1) is 33.3. The fourth-order valence-electron chi connectivity index (χ4n) is 5.33. The first-order valence-corrected chi connectivity index (χ1v) is 16.9. The number of halogens is 1. The van der Waals surface area contributed by atoms with Crippen molar-refractivity contribution in [2.45, 2.75) is 69.5 Å². The summed E-state index contributed by atoms with van der Waals surface area (Å²) in [5.41, 5.74) is 1.91.